The number of rotatable bonds is 4. The van der Waals surface area contributed by atoms with Gasteiger partial charge >= 0.3 is 6.18 Å². The van der Waals surface area contributed by atoms with Crippen LogP contribution in [-0.2, 0) is 17.5 Å². The van der Waals surface area contributed by atoms with Crippen LogP contribution in [0.3, 0.4) is 0 Å². The van der Waals surface area contributed by atoms with Gasteiger partial charge in [-0.2, -0.15) is 18.3 Å². The zero-order valence-corrected chi connectivity index (χ0v) is 12.8. The number of likely N-dealkylation sites (tertiary alicyclic amines) is 1. The number of alkyl halides is 3. The maximum Gasteiger partial charge on any atom is 0.435 e. The third-order valence-corrected chi connectivity index (χ3v) is 3.91. The summed E-state index contributed by atoms with van der Waals surface area (Å²) in [6.45, 7) is 0.923. The molecule has 128 valence electrons. The van der Waals surface area contributed by atoms with Crippen molar-refractivity contribution in [3.63, 3.8) is 0 Å². The zero-order chi connectivity index (χ0) is 17.2. The summed E-state index contributed by atoms with van der Waals surface area (Å²) in [7, 11) is 0. The van der Waals surface area contributed by atoms with E-state index in [-0.39, 0.29) is 18.5 Å². The van der Waals surface area contributed by atoms with E-state index < -0.39 is 11.9 Å². The molecule has 1 aromatic carbocycles. The second kappa shape index (κ2) is 6.54. The standard InChI is InChI=1S/C16H17F3N4O/c17-16(18,19)14-7-9-23(21-14)11-15(24)22-8-6-13(10-22)20-12-4-2-1-3-5-12/h1-5,7,9,13,20H,6,8,10-11H2. The topological polar surface area (TPSA) is 50.2 Å². The van der Waals surface area contributed by atoms with Gasteiger partial charge in [0.05, 0.1) is 0 Å². The van der Waals surface area contributed by atoms with Gasteiger partial charge in [-0.05, 0) is 24.6 Å². The van der Waals surface area contributed by atoms with Crippen LogP contribution >= 0.6 is 0 Å². The number of halogens is 3. The average molecular weight is 338 g/mol. The second-order valence-electron chi connectivity index (χ2n) is 5.73. The molecule has 24 heavy (non-hydrogen) atoms. The second-order valence-corrected chi connectivity index (χ2v) is 5.73. The van der Waals surface area contributed by atoms with Crippen molar-refractivity contribution in [2.75, 3.05) is 18.4 Å². The molecule has 1 N–H and O–H groups in total. The molecule has 5 nitrogen and oxygen atoms in total. The number of benzene rings is 1. The Bertz CT molecular complexity index is 699. The third-order valence-electron chi connectivity index (χ3n) is 3.91. The van der Waals surface area contributed by atoms with Gasteiger partial charge in [0.15, 0.2) is 5.69 Å². The molecule has 1 atom stereocenters. The molecule has 0 spiro atoms. The number of amides is 1. The van der Waals surface area contributed by atoms with Crippen LogP contribution in [0, 0.1) is 0 Å². The molecule has 1 unspecified atom stereocenters. The van der Waals surface area contributed by atoms with Crippen molar-refractivity contribution in [1.29, 1.82) is 0 Å². The predicted molar refractivity (Wildman–Crippen MR) is 82.3 cm³/mol. The highest BCUT2D eigenvalue weighted by Crippen LogP contribution is 2.27. The molecule has 1 aliphatic rings. The third kappa shape index (κ3) is 3.87. The Hall–Kier alpha value is -2.51. The molecule has 0 radical (unpaired) electrons. The Balaban J connectivity index is 1.54. The quantitative estimate of drug-likeness (QED) is 0.932. The fraction of sp³-hybridized carbons (Fsp3) is 0.375. The maximum absolute atomic E-state index is 12.5. The normalized spacial score (nSPS) is 18.0. The molecule has 1 saturated heterocycles. The summed E-state index contributed by atoms with van der Waals surface area (Å²) in [5.74, 6) is -0.232. The van der Waals surface area contributed by atoms with E-state index in [2.05, 4.69) is 10.4 Å². The minimum Gasteiger partial charge on any atom is -0.380 e. The molecule has 2 aromatic rings. The fourth-order valence-electron chi connectivity index (χ4n) is 2.71. The highest BCUT2D eigenvalue weighted by atomic mass is 19.4. The molecule has 0 saturated carbocycles. The predicted octanol–water partition coefficient (Wildman–Crippen LogP) is 2.61. The first-order chi connectivity index (χ1) is 11.4. The van der Waals surface area contributed by atoms with E-state index in [4.69, 9.17) is 0 Å². The molecular weight excluding hydrogens is 321 g/mol. The van der Waals surface area contributed by atoms with E-state index in [1.54, 1.807) is 4.90 Å². The van der Waals surface area contributed by atoms with Gasteiger partial charge in [-0.1, -0.05) is 18.2 Å². The number of aromatic nitrogens is 2. The van der Waals surface area contributed by atoms with Crippen molar-refractivity contribution in [3.05, 3.63) is 48.3 Å². The minimum absolute atomic E-state index is 0.139. The fourth-order valence-corrected chi connectivity index (χ4v) is 2.71. The van der Waals surface area contributed by atoms with E-state index in [1.165, 1.54) is 6.20 Å². The zero-order valence-electron chi connectivity index (χ0n) is 12.8. The van der Waals surface area contributed by atoms with Crippen molar-refractivity contribution in [2.45, 2.75) is 25.2 Å². The van der Waals surface area contributed by atoms with Crippen molar-refractivity contribution in [2.24, 2.45) is 0 Å². The summed E-state index contributed by atoms with van der Waals surface area (Å²) in [6, 6.07) is 10.7. The van der Waals surface area contributed by atoms with Crippen LogP contribution in [0.2, 0.25) is 0 Å². The molecule has 1 aromatic heterocycles. The van der Waals surface area contributed by atoms with Crippen molar-refractivity contribution >= 4 is 11.6 Å². The van der Waals surface area contributed by atoms with Gasteiger partial charge in [-0.25, -0.2) is 0 Å². The monoisotopic (exact) mass is 338 g/mol. The highest BCUT2D eigenvalue weighted by molar-refractivity contribution is 5.76. The van der Waals surface area contributed by atoms with Crippen molar-refractivity contribution in [3.8, 4) is 0 Å². The van der Waals surface area contributed by atoms with Gasteiger partial charge in [0.1, 0.15) is 6.54 Å². The van der Waals surface area contributed by atoms with Crippen molar-refractivity contribution < 1.29 is 18.0 Å². The summed E-state index contributed by atoms with van der Waals surface area (Å²) in [5.41, 5.74) is -0.000892. The Kier molecular flexibility index (Phi) is 4.46. The first-order valence-corrected chi connectivity index (χ1v) is 7.62. The van der Waals surface area contributed by atoms with E-state index in [0.29, 0.717) is 13.1 Å². The van der Waals surface area contributed by atoms with Crippen LogP contribution in [-0.4, -0.2) is 39.7 Å². The smallest absolute Gasteiger partial charge is 0.380 e. The molecule has 1 fully saturated rings. The first-order valence-electron chi connectivity index (χ1n) is 7.62. The number of nitrogens with one attached hydrogen (secondary N) is 1. The molecule has 3 rings (SSSR count). The summed E-state index contributed by atoms with van der Waals surface area (Å²) >= 11 is 0. The molecule has 1 aliphatic heterocycles. The van der Waals surface area contributed by atoms with Gasteiger partial charge in [-0.15, -0.1) is 0 Å². The molecule has 0 bridgehead atoms. The van der Waals surface area contributed by atoms with Gasteiger partial charge in [0.2, 0.25) is 5.91 Å². The number of nitrogens with zero attached hydrogens (tertiary/aromatic N) is 3. The van der Waals surface area contributed by atoms with Crippen LogP contribution in [0.4, 0.5) is 18.9 Å². The Labute approximate surface area is 137 Å². The van der Waals surface area contributed by atoms with Crippen LogP contribution < -0.4 is 5.32 Å². The van der Waals surface area contributed by atoms with Gasteiger partial charge in [0, 0.05) is 31.0 Å². The molecule has 0 aliphatic carbocycles. The van der Waals surface area contributed by atoms with Crippen LogP contribution in [0.25, 0.3) is 0 Å². The molecule has 8 heteroatoms. The van der Waals surface area contributed by atoms with Crippen molar-refractivity contribution in [1.82, 2.24) is 14.7 Å². The number of hydrogen-bond acceptors (Lipinski definition) is 3. The van der Waals surface area contributed by atoms with E-state index in [0.717, 1.165) is 22.9 Å². The average Bonchev–Trinajstić information content (AvgIpc) is 3.17. The number of anilines is 1. The van der Waals surface area contributed by atoms with Gasteiger partial charge in [0.25, 0.3) is 0 Å². The summed E-state index contributed by atoms with van der Waals surface area (Å²) in [6.07, 6.45) is -2.52. The van der Waals surface area contributed by atoms with Crippen LogP contribution in [0.15, 0.2) is 42.6 Å². The Morgan fingerprint density at radius 1 is 1.25 bits per heavy atom. The summed E-state index contributed by atoms with van der Waals surface area (Å²) in [4.78, 5) is 13.9. The summed E-state index contributed by atoms with van der Waals surface area (Å²) in [5, 5.41) is 6.76. The lowest BCUT2D eigenvalue weighted by molar-refractivity contribution is -0.142. The van der Waals surface area contributed by atoms with Gasteiger partial charge < -0.3 is 10.2 Å². The van der Waals surface area contributed by atoms with E-state index in [1.807, 2.05) is 30.3 Å². The number of hydrogen-bond donors (Lipinski definition) is 1. The lowest BCUT2D eigenvalue weighted by Crippen LogP contribution is -2.34. The Morgan fingerprint density at radius 2 is 2.00 bits per heavy atom. The molecule has 2 heterocycles. The number of carbonyl (C=O) groups is 1. The highest BCUT2D eigenvalue weighted by Gasteiger charge is 2.34. The SMILES string of the molecule is O=C(Cn1ccc(C(F)(F)F)n1)N1CCC(Nc2ccccc2)C1. The number of para-hydroxylation sites is 1. The largest absolute Gasteiger partial charge is 0.435 e. The lowest BCUT2D eigenvalue weighted by atomic mass is 10.2. The molecule has 1 amide bonds. The van der Waals surface area contributed by atoms with Gasteiger partial charge in [-0.3, -0.25) is 9.48 Å². The Morgan fingerprint density at radius 3 is 2.67 bits per heavy atom. The minimum atomic E-state index is -4.49. The summed E-state index contributed by atoms with van der Waals surface area (Å²) < 4.78 is 38.6. The van der Waals surface area contributed by atoms with Crippen LogP contribution in [0.5, 0.6) is 0 Å². The number of carbonyl (C=O) groups excluding carboxylic acids is 1. The van der Waals surface area contributed by atoms with E-state index >= 15 is 0 Å². The van der Waals surface area contributed by atoms with E-state index in [9.17, 15) is 18.0 Å². The maximum atomic E-state index is 12.5. The van der Waals surface area contributed by atoms with Crippen LogP contribution in [0.1, 0.15) is 12.1 Å². The first kappa shape index (κ1) is 16.4. The lowest BCUT2D eigenvalue weighted by Gasteiger charge is -2.17. The molecular formula is C16H17F3N4O.